The van der Waals surface area contributed by atoms with Crippen molar-refractivity contribution in [2.45, 2.75) is 50.7 Å². The number of carbonyl (C=O) groups excluding carboxylic acids is 2. The van der Waals surface area contributed by atoms with Gasteiger partial charge in [-0.25, -0.2) is 8.42 Å². The number of nitrogens with zero attached hydrogens (tertiary/aromatic N) is 2. The van der Waals surface area contributed by atoms with Gasteiger partial charge < -0.3 is 10.2 Å². The van der Waals surface area contributed by atoms with Crippen LogP contribution in [0.3, 0.4) is 0 Å². The Kier molecular flexibility index (Phi) is 10.7. The SMILES string of the molecule is CC[C@H](C)NC(=O)[C@H](C)N(Cc1ccc(Cl)cc1)C(=O)CN(c1cccc(Cl)c1)S(=O)(=O)c1ccc(Cl)cc1. The Morgan fingerprint density at radius 1 is 0.872 bits per heavy atom. The van der Waals surface area contributed by atoms with Gasteiger partial charge in [0, 0.05) is 27.7 Å². The monoisotopic (exact) mass is 609 g/mol. The van der Waals surface area contributed by atoms with Crippen LogP contribution in [0, 0.1) is 0 Å². The first-order valence-electron chi connectivity index (χ1n) is 12.3. The molecule has 208 valence electrons. The summed E-state index contributed by atoms with van der Waals surface area (Å²) in [5.41, 5.74) is 0.930. The highest BCUT2D eigenvalue weighted by Crippen LogP contribution is 2.27. The molecule has 3 aromatic rings. The summed E-state index contributed by atoms with van der Waals surface area (Å²) in [6.07, 6.45) is 0.714. The fourth-order valence-corrected chi connectivity index (χ4v) is 5.57. The number of hydrogen-bond acceptors (Lipinski definition) is 4. The number of sulfonamides is 1. The fourth-order valence-electron chi connectivity index (χ4n) is 3.73. The van der Waals surface area contributed by atoms with Gasteiger partial charge in [-0.05, 0) is 80.4 Å². The summed E-state index contributed by atoms with van der Waals surface area (Å²) >= 11 is 18.2. The third-order valence-corrected chi connectivity index (χ3v) is 8.74. The van der Waals surface area contributed by atoms with Crippen LogP contribution in [0.2, 0.25) is 15.1 Å². The number of hydrogen-bond donors (Lipinski definition) is 1. The first kappa shape index (κ1) is 30.8. The number of benzene rings is 3. The van der Waals surface area contributed by atoms with E-state index in [1.54, 1.807) is 49.4 Å². The van der Waals surface area contributed by atoms with Gasteiger partial charge in [-0.2, -0.15) is 0 Å². The van der Waals surface area contributed by atoms with E-state index in [0.29, 0.717) is 21.5 Å². The maximum atomic E-state index is 13.9. The maximum absolute atomic E-state index is 13.9. The highest BCUT2D eigenvalue weighted by molar-refractivity contribution is 7.92. The zero-order valence-corrected chi connectivity index (χ0v) is 24.9. The summed E-state index contributed by atoms with van der Waals surface area (Å²) in [5.74, 6) is -0.921. The van der Waals surface area contributed by atoms with E-state index in [2.05, 4.69) is 5.32 Å². The Hall–Kier alpha value is -2.78. The molecule has 7 nitrogen and oxygen atoms in total. The van der Waals surface area contributed by atoms with Crippen molar-refractivity contribution in [2.24, 2.45) is 0 Å². The predicted octanol–water partition coefficient (Wildman–Crippen LogP) is 6.17. The number of amides is 2. The molecule has 0 saturated carbocycles. The van der Waals surface area contributed by atoms with Crippen molar-refractivity contribution in [3.05, 3.63) is 93.4 Å². The zero-order chi connectivity index (χ0) is 28.7. The van der Waals surface area contributed by atoms with Gasteiger partial charge in [-0.15, -0.1) is 0 Å². The molecule has 0 aliphatic rings. The van der Waals surface area contributed by atoms with Gasteiger partial charge in [0.1, 0.15) is 12.6 Å². The minimum absolute atomic E-state index is 0.0495. The number of rotatable bonds is 11. The van der Waals surface area contributed by atoms with E-state index < -0.39 is 28.5 Å². The van der Waals surface area contributed by atoms with Gasteiger partial charge in [0.05, 0.1) is 10.6 Å². The molecular weight excluding hydrogens is 581 g/mol. The fraction of sp³-hybridized carbons (Fsp3) is 0.286. The van der Waals surface area contributed by atoms with Crippen molar-refractivity contribution in [2.75, 3.05) is 10.8 Å². The molecule has 0 radical (unpaired) electrons. The molecule has 39 heavy (non-hydrogen) atoms. The second-order valence-electron chi connectivity index (χ2n) is 9.09. The molecule has 0 aliphatic carbocycles. The topological polar surface area (TPSA) is 86.8 Å². The van der Waals surface area contributed by atoms with Crippen molar-refractivity contribution in [3.63, 3.8) is 0 Å². The van der Waals surface area contributed by atoms with Crippen LogP contribution in [0.5, 0.6) is 0 Å². The highest BCUT2D eigenvalue weighted by atomic mass is 35.5. The van der Waals surface area contributed by atoms with Gasteiger partial charge in [-0.1, -0.05) is 59.9 Å². The second-order valence-corrected chi connectivity index (χ2v) is 12.3. The van der Waals surface area contributed by atoms with Gasteiger partial charge in [0.2, 0.25) is 11.8 Å². The van der Waals surface area contributed by atoms with Gasteiger partial charge in [0.25, 0.3) is 10.0 Å². The van der Waals surface area contributed by atoms with Crippen LogP contribution in [-0.2, 0) is 26.2 Å². The van der Waals surface area contributed by atoms with Crippen LogP contribution in [0.4, 0.5) is 5.69 Å². The minimum Gasteiger partial charge on any atom is -0.352 e. The Balaban J connectivity index is 2.02. The third kappa shape index (κ3) is 8.11. The van der Waals surface area contributed by atoms with E-state index in [9.17, 15) is 18.0 Å². The standard InChI is InChI=1S/C28H30Cl3N3O4S/c1-4-19(2)32-28(36)20(3)33(17-21-8-10-22(29)11-9-21)27(35)18-34(25-7-5-6-24(31)16-25)39(37,38)26-14-12-23(30)13-15-26/h5-16,19-20H,4,17-18H2,1-3H3,(H,32,36)/t19-,20-/m0/s1. The first-order chi connectivity index (χ1) is 18.4. The second kappa shape index (κ2) is 13.5. The lowest BCUT2D eigenvalue weighted by Crippen LogP contribution is -2.52. The van der Waals surface area contributed by atoms with E-state index in [0.717, 1.165) is 9.87 Å². The molecule has 0 heterocycles. The summed E-state index contributed by atoms with van der Waals surface area (Å²) in [4.78, 5) is 28.2. The van der Waals surface area contributed by atoms with E-state index in [-0.39, 0.29) is 29.1 Å². The molecule has 3 rings (SSSR count). The lowest BCUT2D eigenvalue weighted by Gasteiger charge is -2.32. The Labute approximate surface area is 244 Å². The molecule has 0 saturated heterocycles. The van der Waals surface area contributed by atoms with Crippen molar-refractivity contribution in [3.8, 4) is 0 Å². The number of anilines is 1. The molecule has 0 aromatic heterocycles. The van der Waals surface area contributed by atoms with Crippen LogP contribution in [-0.4, -0.2) is 43.8 Å². The molecular formula is C28H30Cl3N3O4S. The third-order valence-electron chi connectivity index (χ3n) is 6.21. The quantitative estimate of drug-likeness (QED) is 0.281. The van der Waals surface area contributed by atoms with Crippen LogP contribution in [0.15, 0.2) is 77.7 Å². The van der Waals surface area contributed by atoms with E-state index >= 15 is 0 Å². The average Bonchev–Trinajstić information content (AvgIpc) is 2.90. The lowest BCUT2D eigenvalue weighted by molar-refractivity contribution is -0.139. The van der Waals surface area contributed by atoms with Crippen molar-refractivity contribution in [1.29, 1.82) is 0 Å². The van der Waals surface area contributed by atoms with E-state index in [1.165, 1.54) is 35.2 Å². The van der Waals surface area contributed by atoms with Gasteiger partial charge in [0.15, 0.2) is 0 Å². The van der Waals surface area contributed by atoms with Crippen LogP contribution >= 0.6 is 34.8 Å². The predicted molar refractivity (Wildman–Crippen MR) is 157 cm³/mol. The summed E-state index contributed by atoms with van der Waals surface area (Å²) in [6, 6.07) is 17.8. The highest BCUT2D eigenvalue weighted by Gasteiger charge is 2.33. The zero-order valence-electron chi connectivity index (χ0n) is 21.8. The molecule has 0 bridgehead atoms. The van der Waals surface area contributed by atoms with Gasteiger partial charge >= 0.3 is 0 Å². The normalized spacial score (nSPS) is 12.9. The molecule has 1 N–H and O–H groups in total. The first-order valence-corrected chi connectivity index (χ1v) is 14.9. The van der Waals surface area contributed by atoms with Gasteiger partial charge in [-0.3, -0.25) is 13.9 Å². The van der Waals surface area contributed by atoms with E-state index in [1.807, 2.05) is 13.8 Å². The molecule has 0 spiro atoms. The Morgan fingerprint density at radius 2 is 1.46 bits per heavy atom. The largest absolute Gasteiger partial charge is 0.352 e. The van der Waals surface area contributed by atoms with E-state index in [4.69, 9.17) is 34.8 Å². The molecule has 2 atom stereocenters. The molecule has 0 fully saturated rings. The molecule has 2 amide bonds. The average molecular weight is 611 g/mol. The molecule has 0 aliphatic heterocycles. The summed E-state index contributed by atoms with van der Waals surface area (Å²) < 4.78 is 28.5. The Bertz CT molecular complexity index is 1400. The van der Waals surface area contributed by atoms with Crippen molar-refractivity contribution in [1.82, 2.24) is 10.2 Å². The van der Waals surface area contributed by atoms with Crippen LogP contribution < -0.4 is 9.62 Å². The number of halogens is 3. The maximum Gasteiger partial charge on any atom is 0.264 e. The summed E-state index contributed by atoms with van der Waals surface area (Å²) in [6.45, 7) is 4.92. The minimum atomic E-state index is -4.21. The Morgan fingerprint density at radius 3 is 2.03 bits per heavy atom. The summed E-state index contributed by atoms with van der Waals surface area (Å²) in [5, 5.41) is 4.10. The van der Waals surface area contributed by atoms with Crippen LogP contribution in [0.1, 0.15) is 32.8 Å². The molecule has 11 heteroatoms. The van der Waals surface area contributed by atoms with Crippen molar-refractivity contribution >= 4 is 62.3 Å². The molecule has 0 unspecified atom stereocenters. The van der Waals surface area contributed by atoms with Crippen molar-refractivity contribution < 1.29 is 18.0 Å². The lowest BCUT2D eigenvalue weighted by atomic mass is 10.1. The smallest absolute Gasteiger partial charge is 0.264 e. The number of nitrogens with one attached hydrogen (secondary N) is 1. The van der Waals surface area contributed by atoms with Crippen LogP contribution in [0.25, 0.3) is 0 Å². The number of carbonyl (C=O) groups is 2. The molecule has 3 aromatic carbocycles. The summed E-state index contributed by atoms with van der Waals surface area (Å²) in [7, 11) is -4.21.